The highest BCUT2D eigenvalue weighted by molar-refractivity contribution is 5.85. The first kappa shape index (κ1) is 35.0. The summed E-state index contributed by atoms with van der Waals surface area (Å²) in [6, 6.07) is 0. The van der Waals surface area contributed by atoms with Gasteiger partial charge in [0.25, 0.3) is 0 Å². The van der Waals surface area contributed by atoms with E-state index in [-0.39, 0.29) is 13.0 Å². The summed E-state index contributed by atoms with van der Waals surface area (Å²) >= 11 is 0. The molecule has 0 amide bonds. The third kappa shape index (κ3) is 4.81. The number of alkyl halides is 17. The Labute approximate surface area is 194 Å². The number of carboxylic acids is 1. The molecule has 0 radical (unpaired) electrons. The van der Waals surface area contributed by atoms with Crippen molar-refractivity contribution in [2.45, 2.75) is 80.9 Å². The molecule has 2 N–H and O–H groups in total. The Hall–Kier alpha value is -2.02. The average Bonchev–Trinajstić information content (AvgIpc) is 2.70. The monoisotopic (exact) mass is 590 g/mol. The quantitative estimate of drug-likeness (QED) is 0.206. The van der Waals surface area contributed by atoms with Crippen LogP contribution in [0.4, 0.5) is 74.6 Å². The van der Waals surface area contributed by atoms with E-state index in [1.54, 1.807) is 0 Å². The molecule has 0 aliphatic carbocycles. The zero-order chi connectivity index (χ0) is 30.6. The summed E-state index contributed by atoms with van der Waals surface area (Å²) < 4.78 is 227. The van der Waals surface area contributed by atoms with Crippen LogP contribution in [0.2, 0.25) is 0 Å². The van der Waals surface area contributed by atoms with Crippen molar-refractivity contribution in [3.05, 3.63) is 11.6 Å². The molecule has 0 aromatic heterocycles. The van der Waals surface area contributed by atoms with Gasteiger partial charge in [0.15, 0.2) is 0 Å². The van der Waals surface area contributed by atoms with E-state index in [1.165, 1.54) is 0 Å². The fourth-order valence-electron chi connectivity index (χ4n) is 2.69. The van der Waals surface area contributed by atoms with Crippen molar-refractivity contribution in [1.29, 1.82) is 0 Å². The Morgan fingerprint density at radius 3 is 1.24 bits per heavy atom. The van der Waals surface area contributed by atoms with Crippen LogP contribution in [0, 0.1) is 5.41 Å². The van der Waals surface area contributed by atoms with Crippen molar-refractivity contribution in [3.63, 3.8) is 0 Å². The number of carboxylic acid groups (broad SMARTS) is 1. The smallest absolute Gasteiger partial charge is 0.460 e. The highest BCUT2D eigenvalue weighted by Crippen LogP contribution is 2.64. The van der Waals surface area contributed by atoms with Crippen LogP contribution >= 0.6 is 0 Å². The van der Waals surface area contributed by atoms with Crippen LogP contribution in [-0.2, 0) is 4.79 Å². The summed E-state index contributed by atoms with van der Waals surface area (Å²) in [7, 11) is 0. The topological polar surface area (TPSA) is 57.5 Å². The van der Waals surface area contributed by atoms with Crippen molar-refractivity contribution in [3.8, 4) is 0 Å². The fourth-order valence-corrected chi connectivity index (χ4v) is 2.69. The molecule has 0 bridgehead atoms. The van der Waals surface area contributed by atoms with Gasteiger partial charge in [0.1, 0.15) is 6.10 Å². The SMILES string of the molecule is CCC(C)(C=C(C)C(=O)O)C(O)C(F)(F)C(F)(F)C(F)(F)C(F)(F)C(F)(F)C(F)(F)C(F)(F)C(F)(F)F. The van der Waals surface area contributed by atoms with Crippen molar-refractivity contribution in [2.75, 3.05) is 0 Å². The third-order valence-electron chi connectivity index (χ3n) is 5.36. The average molecular weight is 590 g/mol. The number of aliphatic hydroxyl groups excluding tert-OH is 1. The molecular formula is C17H15F17O3. The van der Waals surface area contributed by atoms with Crippen LogP contribution in [0.3, 0.4) is 0 Å². The van der Waals surface area contributed by atoms with Crippen molar-refractivity contribution in [2.24, 2.45) is 5.41 Å². The maximum Gasteiger partial charge on any atom is 0.460 e. The lowest BCUT2D eigenvalue weighted by atomic mass is 9.74. The van der Waals surface area contributed by atoms with Gasteiger partial charge in [0.2, 0.25) is 0 Å². The number of aliphatic hydroxyl groups is 1. The van der Waals surface area contributed by atoms with E-state index in [0.29, 0.717) is 13.8 Å². The molecular weight excluding hydrogens is 575 g/mol. The highest BCUT2D eigenvalue weighted by atomic mass is 19.4. The van der Waals surface area contributed by atoms with Gasteiger partial charge in [-0.05, 0) is 13.3 Å². The second kappa shape index (κ2) is 9.32. The van der Waals surface area contributed by atoms with Crippen LogP contribution < -0.4 is 0 Å². The Morgan fingerprint density at radius 1 is 0.676 bits per heavy atom. The van der Waals surface area contributed by atoms with Crippen molar-refractivity contribution >= 4 is 5.97 Å². The standard InChI is InChI=1S/C17H15F17O3/c1-4-9(3,5-6(2)7(35)36)8(37)10(18,19)11(20,21)12(22,23)13(24,25)14(26,27)15(28,29)16(30,31)17(32,33)34/h5,8,37H,4H2,1-3H3,(H,35,36). The predicted octanol–water partition coefficient (Wildman–Crippen LogP) is 6.80. The fraction of sp³-hybridized carbons (Fsp3) is 0.824. The van der Waals surface area contributed by atoms with Crippen LogP contribution in [0.15, 0.2) is 11.6 Å². The summed E-state index contributed by atoms with van der Waals surface area (Å²) in [5.74, 6) is -60.1. The molecule has 2 unspecified atom stereocenters. The summed E-state index contributed by atoms with van der Waals surface area (Å²) in [6.45, 7) is 1.55. The number of hydrogen-bond donors (Lipinski definition) is 2. The van der Waals surface area contributed by atoms with Gasteiger partial charge in [-0.25, -0.2) is 4.79 Å². The first-order valence-corrected chi connectivity index (χ1v) is 9.11. The van der Waals surface area contributed by atoms with E-state index in [4.69, 9.17) is 5.11 Å². The number of carbonyl (C=O) groups is 1. The minimum atomic E-state index is -8.78. The van der Waals surface area contributed by atoms with Gasteiger partial charge in [-0.2, -0.15) is 74.6 Å². The van der Waals surface area contributed by atoms with E-state index in [2.05, 4.69) is 0 Å². The Kier molecular flexibility index (Phi) is 8.81. The van der Waals surface area contributed by atoms with Crippen LogP contribution in [0.1, 0.15) is 27.2 Å². The molecule has 3 nitrogen and oxygen atoms in total. The number of rotatable bonds is 11. The van der Waals surface area contributed by atoms with E-state index in [1.807, 2.05) is 0 Å². The summed E-state index contributed by atoms with van der Waals surface area (Å²) in [6.07, 6.45) is -13.3. The van der Waals surface area contributed by atoms with E-state index in [0.717, 1.165) is 0 Å². The van der Waals surface area contributed by atoms with Crippen molar-refractivity contribution < 1.29 is 89.6 Å². The van der Waals surface area contributed by atoms with Gasteiger partial charge < -0.3 is 10.2 Å². The normalized spacial score (nSPS) is 18.5. The van der Waals surface area contributed by atoms with E-state index < -0.39 is 77.1 Å². The molecule has 0 aromatic carbocycles. The van der Waals surface area contributed by atoms with E-state index in [9.17, 15) is 84.5 Å². The Bertz CT molecular complexity index is 890. The molecule has 20 heteroatoms. The van der Waals surface area contributed by atoms with Gasteiger partial charge >= 0.3 is 53.6 Å². The molecule has 0 aromatic rings. The minimum absolute atomic E-state index is 0.0346. The molecule has 0 spiro atoms. The Morgan fingerprint density at radius 2 is 0.973 bits per heavy atom. The molecule has 0 heterocycles. The highest BCUT2D eigenvalue weighted by Gasteiger charge is 2.95. The maximum atomic E-state index is 14.3. The molecule has 0 aliphatic heterocycles. The molecule has 0 fully saturated rings. The molecule has 2 atom stereocenters. The zero-order valence-electron chi connectivity index (χ0n) is 18.1. The summed E-state index contributed by atoms with van der Waals surface area (Å²) in [5, 5.41) is 18.3. The second-order valence-electron chi connectivity index (χ2n) is 7.96. The molecule has 0 saturated heterocycles. The van der Waals surface area contributed by atoms with Crippen LogP contribution in [-0.4, -0.2) is 69.9 Å². The van der Waals surface area contributed by atoms with Gasteiger partial charge in [-0.1, -0.05) is 19.9 Å². The maximum absolute atomic E-state index is 14.3. The molecule has 0 saturated carbocycles. The number of halogens is 17. The van der Waals surface area contributed by atoms with Gasteiger partial charge in [0, 0.05) is 11.0 Å². The van der Waals surface area contributed by atoms with Gasteiger partial charge in [-0.15, -0.1) is 0 Å². The molecule has 0 rings (SSSR count). The molecule has 220 valence electrons. The van der Waals surface area contributed by atoms with Crippen LogP contribution in [0.5, 0.6) is 0 Å². The number of hydrogen-bond acceptors (Lipinski definition) is 2. The predicted molar refractivity (Wildman–Crippen MR) is 86.5 cm³/mol. The third-order valence-corrected chi connectivity index (χ3v) is 5.36. The Balaban J connectivity index is 7.05. The second-order valence-corrected chi connectivity index (χ2v) is 7.96. The number of aliphatic carboxylic acids is 1. The first-order valence-electron chi connectivity index (χ1n) is 9.11. The van der Waals surface area contributed by atoms with E-state index >= 15 is 0 Å². The largest absolute Gasteiger partial charge is 0.478 e. The summed E-state index contributed by atoms with van der Waals surface area (Å²) in [4.78, 5) is 10.8. The minimum Gasteiger partial charge on any atom is -0.478 e. The van der Waals surface area contributed by atoms with Crippen LogP contribution in [0.25, 0.3) is 0 Å². The van der Waals surface area contributed by atoms with Crippen molar-refractivity contribution in [1.82, 2.24) is 0 Å². The zero-order valence-corrected chi connectivity index (χ0v) is 18.1. The molecule has 0 aliphatic rings. The van der Waals surface area contributed by atoms with Gasteiger partial charge in [0.05, 0.1) is 0 Å². The summed E-state index contributed by atoms with van der Waals surface area (Å²) in [5.41, 5.74) is -4.11. The first-order chi connectivity index (χ1) is 15.8. The molecule has 37 heavy (non-hydrogen) atoms. The lowest BCUT2D eigenvalue weighted by Gasteiger charge is -2.45. The lowest BCUT2D eigenvalue weighted by Crippen LogP contribution is -2.75. The van der Waals surface area contributed by atoms with Gasteiger partial charge in [-0.3, -0.25) is 0 Å². The lowest BCUT2D eigenvalue weighted by molar-refractivity contribution is -0.465.